The van der Waals surface area contributed by atoms with Gasteiger partial charge in [0.05, 0.1) is 10.5 Å². The van der Waals surface area contributed by atoms with E-state index in [1.165, 1.54) is 18.2 Å². The van der Waals surface area contributed by atoms with Crippen LogP contribution in [0.15, 0.2) is 72.8 Å². The van der Waals surface area contributed by atoms with Gasteiger partial charge in [0.15, 0.2) is 5.11 Å². The van der Waals surface area contributed by atoms with Gasteiger partial charge in [0, 0.05) is 17.8 Å². The van der Waals surface area contributed by atoms with Crippen molar-refractivity contribution in [2.45, 2.75) is 6.92 Å². The van der Waals surface area contributed by atoms with Gasteiger partial charge in [0.1, 0.15) is 24.7 Å². The van der Waals surface area contributed by atoms with Crippen molar-refractivity contribution in [3.63, 3.8) is 0 Å². The standard InChI is InChI=1S/C23H21N3O5S/c1-16-15-17(26(28)29)11-12-20(16)24-23(32)25-22(27)19-9-5-6-10-21(19)31-14-13-30-18-7-3-2-4-8-18/h2-12,15H,13-14H2,1H3,(H2,24,25,27,32). The summed E-state index contributed by atoms with van der Waals surface area (Å²) in [6.45, 7) is 2.28. The lowest BCUT2D eigenvalue weighted by molar-refractivity contribution is -0.384. The summed E-state index contributed by atoms with van der Waals surface area (Å²) in [7, 11) is 0. The van der Waals surface area contributed by atoms with Crippen molar-refractivity contribution in [3.05, 3.63) is 94.0 Å². The highest BCUT2D eigenvalue weighted by Gasteiger charge is 2.15. The Bertz CT molecular complexity index is 1120. The second-order valence-electron chi connectivity index (χ2n) is 6.67. The number of thiocarbonyl (C=S) groups is 1. The Morgan fingerprint density at radius 1 is 1.00 bits per heavy atom. The van der Waals surface area contributed by atoms with E-state index in [0.29, 0.717) is 29.2 Å². The van der Waals surface area contributed by atoms with Gasteiger partial charge in [0.25, 0.3) is 11.6 Å². The molecular weight excluding hydrogens is 430 g/mol. The van der Waals surface area contributed by atoms with Crippen LogP contribution in [0, 0.1) is 17.0 Å². The summed E-state index contributed by atoms with van der Waals surface area (Å²) in [4.78, 5) is 23.1. The number of nitro benzene ring substituents is 1. The summed E-state index contributed by atoms with van der Waals surface area (Å²) in [5.41, 5.74) is 1.48. The van der Waals surface area contributed by atoms with E-state index in [0.717, 1.165) is 5.75 Å². The maximum Gasteiger partial charge on any atom is 0.269 e. The molecule has 0 spiro atoms. The van der Waals surface area contributed by atoms with Gasteiger partial charge in [-0.1, -0.05) is 30.3 Å². The van der Waals surface area contributed by atoms with E-state index in [1.54, 1.807) is 31.2 Å². The number of hydrogen-bond donors (Lipinski definition) is 2. The molecule has 0 unspecified atom stereocenters. The van der Waals surface area contributed by atoms with E-state index in [-0.39, 0.29) is 17.4 Å². The van der Waals surface area contributed by atoms with Crippen molar-refractivity contribution in [1.82, 2.24) is 5.32 Å². The molecule has 0 fully saturated rings. The van der Waals surface area contributed by atoms with Gasteiger partial charge in [-0.15, -0.1) is 0 Å². The van der Waals surface area contributed by atoms with Crippen molar-refractivity contribution in [3.8, 4) is 11.5 Å². The van der Waals surface area contributed by atoms with Crippen molar-refractivity contribution in [1.29, 1.82) is 0 Å². The Balaban J connectivity index is 1.56. The number of para-hydroxylation sites is 2. The number of hydrogen-bond acceptors (Lipinski definition) is 6. The number of carbonyl (C=O) groups excluding carboxylic acids is 1. The largest absolute Gasteiger partial charge is 0.490 e. The number of nitro groups is 1. The number of rotatable bonds is 8. The molecule has 8 nitrogen and oxygen atoms in total. The number of non-ortho nitro benzene ring substituents is 1. The molecule has 0 saturated heterocycles. The van der Waals surface area contributed by atoms with Crippen molar-refractivity contribution < 1.29 is 19.2 Å². The predicted molar refractivity (Wildman–Crippen MR) is 125 cm³/mol. The molecule has 0 aromatic heterocycles. The van der Waals surface area contributed by atoms with Gasteiger partial charge in [-0.25, -0.2) is 0 Å². The normalized spacial score (nSPS) is 10.2. The molecule has 0 saturated carbocycles. The van der Waals surface area contributed by atoms with Crippen LogP contribution in [0.4, 0.5) is 11.4 Å². The van der Waals surface area contributed by atoms with Crippen LogP contribution in [-0.4, -0.2) is 29.2 Å². The lowest BCUT2D eigenvalue weighted by atomic mass is 10.2. The Morgan fingerprint density at radius 3 is 2.41 bits per heavy atom. The summed E-state index contributed by atoms with van der Waals surface area (Å²) in [5, 5.41) is 16.4. The van der Waals surface area contributed by atoms with Gasteiger partial charge in [0.2, 0.25) is 0 Å². The van der Waals surface area contributed by atoms with E-state index in [1.807, 2.05) is 30.3 Å². The quantitative estimate of drug-likeness (QED) is 0.225. The summed E-state index contributed by atoms with van der Waals surface area (Å²) in [5.74, 6) is 0.692. The highest BCUT2D eigenvalue weighted by molar-refractivity contribution is 7.80. The zero-order valence-electron chi connectivity index (χ0n) is 17.2. The minimum Gasteiger partial charge on any atom is -0.490 e. The Morgan fingerprint density at radius 2 is 1.69 bits per heavy atom. The molecular formula is C23H21N3O5S. The fourth-order valence-corrected chi connectivity index (χ4v) is 3.04. The first kappa shape index (κ1) is 22.7. The Labute approximate surface area is 190 Å². The molecule has 3 aromatic carbocycles. The third-order valence-corrected chi connectivity index (χ3v) is 4.58. The van der Waals surface area contributed by atoms with Gasteiger partial charge in [-0.2, -0.15) is 0 Å². The van der Waals surface area contributed by atoms with Crippen LogP contribution in [0.1, 0.15) is 15.9 Å². The second kappa shape index (κ2) is 10.9. The second-order valence-corrected chi connectivity index (χ2v) is 7.08. The van der Waals surface area contributed by atoms with Gasteiger partial charge < -0.3 is 14.8 Å². The van der Waals surface area contributed by atoms with Crippen LogP contribution in [0.2, 0.25) is 0 Å². The predicted octanol–water partition coefficient (Wildman–Crippen LogP) is 4.49. The van der Waals surface area contributed by atoms with Crippen LogP contribution in [0.25, 0.3) is 0 Å². The lowest BCUT2D eigenvalue weighted by Gasteiger charge is -2.14. The lowest BCUT2D eigenvalue weighted by Crippen LogP contribution is -2.34. The topological polar surface area (TPSA) is 103 Å². The van der Waals surface area contributed by atoms with Crippen LogP contribution in [0.5, 0.6) is 11.5 Å². The Kier molecular flexibility index (Phi) is 7.71. The SMILES string of the molecule is Cc1cc([N+](=O)[O-])ccc1NC(=S)NC(=O)c1ccccc1OCCOc1ccccc1. The first-order valence-electron chi connectivity index (χ1n) is 9.71. The van der Waals surface area contributed by atoms with Crippen molar-refractivity contribution in [2.75, 3.05) is 18.5 Å². The van der Waals surface area contributed by atoms with E-state index in [2.05, 4.69) is 10.6 Å². The zero-order valence-corrected chi connectivity index (χ0v) is 18.1. The van der Waals surface area contributed by atoms with Crippen molar-refractivity contribution in [2.24, 2.45) is 0 Å². The van der Waals surface area contributed by atoms with Crippen LogP contribution in [0.3, 0.4) is 0 Å². The van der Waals surface area contributed by atoms with Gasteiger partial charge in [-0.3, -0.25) is 20.2 Å². The number of benzene rings is 3. The van der Waals surface area contributed by atoms with Crippen molar-refractivity contribution >= 4 is 34.6 Å². The molecule has 0 aliphatic heterocycles. The first-order chi connectivity index (χ1) is 15.4. The highest BCUT2D eigenvalue weighted by atomic mass is 32.1. The third kappa shape index (κ3) is 6.26. The molecule has 0 atom stereocenters. The van der Waals surface area contributed by atoms with Crippen LogP contribution < -0.4 is 20.1 Å². The molecule has 0 aliphatic rings. The molecule has 3 rings (SSSR count). The molecule has 3 aromatic rings. The number of aryl methyl sites for hydroxylation is 1. The average molecular weight is 452 g/mol. The zero-order chi connectivity index (χ0) is 22.9. The van der Waals surface area contributed by atoms with Crippen LogP contribution >= 0.6 is 12.2 Å². The number of nitrogens with zero attached hydrogens (tertiary/aromatic N) is 1. The molecule has 9 heteroatoms. The smallest absolute Gasteiger partial charge is 0.269 e. The van der Waals surface area contributed by atoms with Crippen LogP contribution in [-0.2, 0) is 0 Å². The highest BCUT2D eigenvalue weighted by Crippen LogP contribution is 2.22. The molecule has 1 amide bonds. The summed E-state index contributed by atoms with van der Waals surface area (Å²) >= 11 is 5.22. The van der Waals surface area contributed by atoms with Gasteiger partial charge >= 0.3 is 0 Å². The third-order valence-electron chi connectivity index (χ3n) is 4.38. The van der Waals surface area contributed by atoms with E-state index >= 15 is 0 Å². The molecule has 0 heterocycles. The number of ether oxygens (including phenoxy) is 2. The van der Waals surface area contributed by atoms with E-state index < -0.39 is 10.8 Å². The summed E-state index contributed by atoms with van der Waals surface area (Å²) < 4.78 is 11.3. The average Bonchev–Trinajstić information content (AvgIpc) is 2.79. The Hall–Kier alpha value is -3.98. The van der Waals surface area contributed by atoms with E-state index in [9.17, 15) is 14.9 Å². The summed E-state index contributed by atoms with van der Waals surface area (Å²) in [6, 6.07) is 20.5. The number of nitrogens with one attached hydrogen (secondary N) is 2. The van der Waals surface area contributed by atoms with Gasteiger partial charge in [-0.05, 0) is 55.0 Å². The molecule has 0 bridgehead atoms. The first-order valence-corrected chi connectivity index (χ1v) is 10.1. The van der Waals surface area contributed by atoms with E-state index in [4.69, 9.17) is 21.7 Å². The fraction of sp³-hybridized carbons (Fsp3) is 0.130. The maximum atomic E-state index is 12.7. The fourth-order valence-electron chi connectivity index (χ4n) is 2.83. The number of amides is 1. The maximum absolute atomic E-state index is 12.7. The number of carbonyl (C=O) groups is 1. The minimum absolute atomic E-state index is 0.0228. The monoisotopic (exact) mass is 451 g/mol. The molecule has 0 radical (unpaired) electrons. The minimum atomic E-state index is -0.474. The molecule has 0 aliphatic carbocycles. The number of anilines is 1. The molecule has 32 heavy (non-hydrogen) atoms. The molecule has 2 N–H and O–H groups in total. The summed E-state index contributed by atoms with van der Waals surface area (Å²) in [6.07, 6.45) is 0. The molecule has 164 valence electrons.